The molecule has 1 aliphatic heterocycles. The average Bonchev–Trinajstić information content (AvgIpc) is 3.47. The van der Waals surface area contributed by atoms with Crippen molar-refractivity contribution in [3.63, 3.8) is 0 Å². The summed E-state index contributed by atoms with van der Waals surface area (Å²) in [5, 5.41) is 10.2. The fraction of sp³-hybridized carbons (Fsp3) is 0.350. The monoisotopic (exact) mass is 464 g/mol. The van der Waals surface area contributed by atoms with E-state index in [-0.39, 0.29) is 42.1 Å². The second-order valence-electron chi connectivity index (χ2n) is 7.31. The number of halogens is 3. The fourth-order valence-corrected chi connectivity index (χ4v) is 3.31. The Bertz CT molecular complexity index is 1140. The molecule has 174 valence electrons. The van der Waals surface area contributed by atoms with Gasteiger partial charge in [-0.25, -0.2) is 0 Å². The van der Waals surface area contributed by atoms with Gasteiger partial charge in [0.25, 0.3) is 11.8 Å². The molecule has 2 aromatic heterocycles. The molecule has 0 aliphatic carbocycles. The molecule has 10 nitrogen and oxygen atoms in total. The minimum atomic E-state index is -4.74. The molecule has 2 amide bonds. The molecule has 3 aromatic rings. The number of nitrogens with one attached hydrogen (secondary N) is 1. The van der Waals surface area contributed by atoms with Crippen molar-refractivity contribution < 1.29 is 32.0 Å². The van der Waals surface area contributed by atoms with E-state index in [2.05, 4.69) is 25.1 Å². The maximum absolute atomic E-state index is 12.8. The van der Waals surface area contributed by atoms with E-state index in [1.807, 2.05) is 0 Å². The zero-order valence-corrected chi connectivity index (χ0v) is 17.4. The first-order valence-corrected chi connectivity index (χ1v) is 9.90. The van der Waals surface area contributed by atoms with Crippen LogP contribution in [-0.2, 0) is 18.0 Å². The van der Waals surface area contributed by atoms with Gasteiger partial charge in [-0.1, -0.05) is 17.3 Å². The van der Waals surface area contributed by atoms with Gasteiger partial charge in [0.15, 0.2) is 0 Å². The van der Waals surface area contributed by atoms with E-state index in [0.717, 1.165) is 0 Å². The van der Waals surface area contributed by atoms with Gasteiger partial charge in [0.05, 0.1) is 19.3 Å². The van der Waals surface area contributed by atoms with Crippen molar-refractivity contribution in [2.75, 3.05) is 26.3 Å². The number of carbonyl (C=O) groups is 2. The largest absolute Gasteiger partial charge is 0.471 e. The summed E-state index contributed by atoms with van der Waals surface area (Å²) < 4.78 is 49.0. The topological polar surface area (TPSA) is 115 Å². The number of aromatic nitrogens is 4. The standard InChI is InChI=1S/C20H19F3N6O4/c1-28-7-6-15(26-28)18(31)29-8-9-32-11-14(29)10-24-17(30)13-4-2-12(3-5-13)16-25-19(33-27-16)20(21,22)23/h2-7,14H,8-11H2,1H3,(H,24,30)/t14-/m0/s1. The van der Waals surface area contributed by atoms with Crippen LogP contribution in [0, 0.1) is 0 Å². The van der Waals surface area contributed by atoms with E-state index in [0.29, 0.717) is 18.8 Å². The van der Waals surface area contributed by atoms with Crippen molar-refractivity contribution in [3.8, 4) is 11.4 Å². The highest BCUT2D eigenvalue weighted by Crippen LogP contribution is 2.29. The van der Waals surface area contributed by atoms with E-state index < -0.39 is 18.0 Å². The van der Waals surface area contributed by atoms with Gasteiger partial charge in [0.2, 0.25) is 5.82 Å². The van der Waals surface area contributed by atoms with Crippen molar-refractivity contribution in [1.29, 1.82) is 0 Å². The van der Waals surface area contributed by atoms with Crippen LogP contribution in [0.4, 0.5) is 13.2 Å². The SMILES string of the molecule is Cn1ccc(C(=O)N2CCOC[C@@H]2CNC(=O)c2ccc(-c3noc(C(F)(F)F)n3)cc2)n1. The van der Waals surface area contributed by atoms with Crippen LogP contribution in [-0.4, -0.2) is 69.0 Å². The van der Waals surface area contributed by atoms with Crippen molar-refractivity contribution >= 4 is 11.8 Å². The third kappa shape index (κ3) is 5.03. The summed E-state index contributed by atoms with van der Waals surface area (Å²) in [6.07, 6.45) is -3.06. The molecule has 1 aliphatic rings. The molecule has 4 rings (SSSR count). The molecule has 13 heteroatoms. The summed E-state index contributed by atoms with van der Waals surface area (Å²) in [5.41, 5.74) is 0.845. The predicted molar refractivity (Wildman–Crippen MR) is 106 cm³/mol. The van der Waals surface area contributed by atoms with Crippen LogP contribution in [0.3, 0.4) is 0 Å². The lowest BCUT2D eigenvalue weighted by Gasteiger charge is -2.35. The molecule has 1 N–H and O–H groups in total. The second-order valence-corrected chi connectivity index (χ2v) is 7.31. The smallest absolute Gasteiger partial charge is 0.377 e. The van der Waals surface area contributed by atoms with Gasteiger partial charge in [0.1, 0.15) is 5.69 Å². The van der Waals surface area contributed by atoms with Crippen LogP contribution in [0.5, 0.6) is 0 Å². The first-order valence-electron chi connectivity index (χ1n) is 9.90. The number of benzene rings is 1. The van der Waals surface area contributed by atoms with E-state index in [9.17, 15) is 22.8 Å². The van der Waals surface area contributed by atoms with Gasteiger partial charge < -0.3 is 19.5 Å². The number of amides is 2. The predicted octanol–water partition coefficient (Wildman–Crippen LogP) is 1.76. The number of nitrogens with zero attached hydrogens (tertiary/aromatic N) is 5. The summed E-state index contributed by atoms with van der Waals surface area (Å²) in [5.74, 6) is -2.35. The van der Waals surface area contributed by atoms with E-state index in [1.165, 1.54) is 28.9 Å². The zero-order chi connectivity index (χ0) is 23.6. The maximum Gasteiger partial charge on any atom is 0.471 e. The van der Waals surface area contributed by atoms with Crippen molar-refractivity contribution in [1.82, 2.24) is 30.1 Å². The molecule has 0 spiro atoms. The third-order valence-electron chi connectivity index (χ3n) is 4.99. The Morgan fingerprint density at radius 3 is 2.61 bits per heavy atom. The zero-order valence-electron chi connectivity index (χ0n) is 17.4. The van der Waals surface area contributed by atoms with E-state index >= 15 is 0 Å². The Morgan fingerprint density at radius 1 is 1.21 bits per heavy atom. The van der Waals surface area contributed by atoms with Crippen molar-refractivity contribution in [2.45, 2.75) is 12.2 Å². The summed E-state index contributed by atoms with van der Waals surface area (Å²) in [6, 6.07) is 6.94. The first-order chi connectivity index (χ1) is 15.7. The number of morpholine rings is 1. The van der Waals surface area contributed by atoms with Gasteiger partial charge in [-0.3, -0.25) is 14.3 Å². The van der Waals surface area contributed by atoms with E-state index in [1.54, 1.807) is 24.2 Å². The second kappa shape index (κ2) is 9.02. The lowest BCUT2D eigenvalue weighted by atomic mass is 10.1. The van der Waals surface area contributed by atoms with Gasteiger partial charge >= 0.3 is 12.1 Å². The molecule has 0 saturated carbocycles. The number of carbonyl (C=O) groups excluding carboxylic acids is 2. The van der Waals surface area contributed by atoms with Gasteiger partial charge in [-0.2, -0.15) is 23.3 Å². The summed E-state index contributed by atoms with van der Waals surface area (Å²) in [6.45, 7) is 1.17. The Balaban J connectivity index is 1.38. The van der Waals surface area contributed by atoms with Crippen molar-refractivity contribution in [3.05, 3.63) is 53.7 Å². The van der Waals surface area contributed by atoms with Crippen LogP contribution in [0.15, 0.2) is 41.1 Å². The highest BCUT2D eigenvalue weighted by atomic mass is 19.4. The summed E-state index contributed by atoms with van der Waals surface area (Å²) in [7, 11) is 1.72. The number of alkyl halides is 3. The fourth-order valence-electron chi connectivity index (χ4n) is 3.31. The lowest BCUT2D eigenvalue weighted by Crippen LogP contribution is -2.53. The Kier molecular flexibility index (Phi) is 6.14. The Morgan fingerprint density at radius 2 is 1.97 bits per heavy atom. The van der Waals surface area contributed by atoms with Crippen LogP contribution in [0.2, 0.25) is 0 Å². The molecule has 0 radical (unpaired) electrons. The molecular weight excluding hydrogens is 445 g/mol. The third-order valence-corrected chi connectivity index (χ3v) is 4.99. The number of hydrogen-bond donors (Lipinski definition) is 1. The molecule has 3 heterocycles. The normalized spacial score (nSPS) is 16.6. The number of ether oxygens (including phenoxy) is 1. The highest BCUT2D eigenvalue weighted by Gasteiger charge is 2.38. The molecule has 0 unspecified atom stereocenters. The molecule has 1 aromatic carbocycles. The van der Waals surface area contributed by atoms with Crippen LogP contribution in [0.1, 0.15) is 26.7 Å². The highest BCUT2D eigenvalue weighted by molar-refractivity contribution is 5.95. The average molecular weight is 464 g/mol. The lowest BCUT2D eigenvalue weighted by molar-refractivity contribution is -0.159. The minimum Gasteiger partial charge on any atom is -0.377 e. The Hall–Kier alpha value is -3.74. The number of hydrogen-bond acceptors (Lipinski definition) is 7. The molecular formula is C20H19F3N6O4. The number of rotatable bonds is 5. The van der Waals surface area contributed by atoms with Crippen LogP contribution in [0.25, 0.3) is 11.4 Å². The molecule has 33 heavy (non-hydrogen) atoms. The van der Waals surface area contributed by atoms with Gasteiger partial charge in [0, 0.05) is 37.5 Å². The molecule has 1 fully saturated rings. The molecule has 1 atom stereocenters. The Labute approximate surface area is 185 Å². The summed E-state index contributed by atoms with van der Waals surface area (Å²) >= 11 is 0. The summed E-state index contributed by atoms with van der Waals surface area (Å²) in [4.78, 5) is 30.2. The van der Waals surface area contributed by atoms with Gasteiger partial charge in [-0.15, -0.1) is 0 Å². The van der Waals surface area contributed by atoms with Gasteiger partial charge in [-0.05, 0) is 18.2 Å². The number of aryl methyl sites for hydroxylation is 1. The molecule has 0 bridgehead atoms. The van der Waals surface area contributed by atoms with E-state index in [4.69, 9.17) is 4.74 Å². The van der Waals surface area contributed by atoms with Crippen LogP contribution >= 0.6 is 0 Å². The first kappa shape index (κ1) is 22.5. The maximum atomic E-state index is 12.8. The molecule has 1 saturated heterocycles. The minimum absolute atomic E-state index is 0.152. The van der Waals surface area contributed by atoms with Crippen molar-refractivity contribution in [2.24, 2.45) is 7.05 Å². The quantitative estimate of drug-likeness (QED) is 0.612. The van der Waals surface area contributed by atoms with Crippen LogP contribution < -0.4 is 5.32 Å².